The lowest BCUT2D eigenvalue weighted by Gasteiger charge is -2.35. The van der Waals surface area contributed by atoms with Gasteiger partial charge in [-0.1, -0.05) is 12.1 Å². The van der Waals surface area contributed by atoms with Crippen molar-refractivity contribution in [1.82, 2.24) is 19.0 Å². The Hall–Kier alpha value is -3.60. The molecule has 28 heavy (non-hydrogen) atoms. The van der Waals surface area contributed by atoms with Crippen molar-refractivity contribution < 1.29 is 4.79 Å². The Bertz CT molecular complexity index is 1130. The molecule has 1 aliphatic rings. The summed E-state index contributed by atoms with van der Waals surface area (Å²) in [6.07, 6.45) is 1.62. The molecule has 1 fully saturated rings. The number of rotatable bonds is 3. The zero-order valence-electron chi connectivity index (χ0n) is 15.6. The number of benzene rings is 1. The molecule has 3 aromatic rings. The maximum atomic E-state index is 12.8. The first-order chi connectivity index (χ1) is 13.6. The molecule has 142 valence electrons. The van der Waals surface area contributed by atoms with Crippen LogP contribution in [0.1, 0.15) is 5.56 Å². The molecular formula is C20H20N6O2. The number of hydrogen-bond donors (Lipinski definition) is 0. The van der Waals surface area contributed by atoms with Gasteiger partial charge in [0, 0.05) is 39.4 Å². The van der Waals surface area contributed by atoms with Gasteiger partial charge in [-0.05, 0) is 24.3 Å². The molecule has 0 spiro atoms. The first-order valence-electron chi connectivity index (χ1n) is 9.11. The minimum atomic E-state index is -0.189. The Morgan fingerprint density at radius 2 is 1.86 bits per heavy atom. The average molecular weight is 376 g/mol. The van der Waals surface area contributed by atoms with Crippen molar-refractivity contribution in [2.45, 2.75) is 6.54 Å². The van der Waals surface area contributed by atoms with E-state index in [2.05, 4.69) is 16.0 Å². The predicted octanol–water partition coefficient (Wildman–Crippen LogP) is 0.955. The smallest absolute Gasteiger partial charge is 0.329 e. The minimum Gasteiger partial charge on any atom is -0.353 e. The lowest BCUT2D eigenvalue weighted by atomic mass is 10.2. The summed E-state index contributed by atoms with van der Waals surface area (Å²) in [6.45, 7) is 2.41. The molecule has 1 amide bonds. The summed E-state index contributed by atoms with van der Waals surface area (Å²) >= 11 is 0. The molecule has 2 aromatic heterocycles. The fraction of sp³-hybridized carbons (Fsp3) is 0.300. The highest BCUT2D eigenvalue weighted by Gasteiger charge is 2.23. The predicted molar refractivity (Wildman–Crippen MR) is 105 cm³/mol. The second-order valence-electron chi connectivity index (χ2n) is 6.80. The quantitative estimate of drug-likeness (QED) is 0.679. The number of imidazole rings is 1. The van der Waals surface area contributed by atoms with E-state index in [0.29, 0.717) is 31.7 Å². The maximum Gasteiger partial charge on any atom is 0.329 e. The standard InChI is InChI=1S/C20H20N6O2/c1-23-16-4-2-3-5-17(16)26(20(23)28)14-19(27)25-10-8-24(9-11-25)18-12-15(13-21)6-7-22-18/h2-7,12H,8-11,14H2,1H3. The number of anilines is 1. The van der Waals surface area contributed by atoms with E-state index in [-0.39, 0.29) is 18.1 Å². The Morgan fingerprint density at radius 1 is 1.14 bits per heavy atom. The van der Waals surface area contributed by atoms with E-state index in [1.807, 2.05) is 24.3 Å². The Balaban J connectivity index is 1.46. The zero-order valence-corrected chi connectivity index (χ0v) is 15.6. The van der Waals surface area contributed by atoms with Gasteiger partial charge >= 0.3 is 5.69 Å². The van der Waals surface area contributed by atoms with Crippen LogP contribution >= 0.6 is 0 Å². The molecular weight excluding hydrogens is 356 g/mol. The maximum absolute atomic E-state index is 12.8. The largest absolute Gasteiger partial charge is 0.353 e. The van der Waals surface area contributed by atoms with Crippen molar-refractivity contribution in [3.05, 3.63) is 58.6 Å². The van der Waals surface area contributed by atoms with E-state index in [0.717, 1.165) is 16.9 Å². The summed E-state index contributed by atoms with van der Waals surface area (Å²) < 4.78 is 3.09. The second-order valence-corrected chi connectivity index (χ2v) is 6.80. The number of piperazine rings is 1. The summed E-state index contributed by atoms with van der Waals surface area (Å²) in [5.41, 5.74) is 1.96. The lowest BCUT2D eigenvalue weighted by molar-refractivity contribution is -0.132. The number of hydrogen-bond acceptors (Lipinski definition) is 5. The van der Waals surface area contributed by atoms with Crippen LogP contribution in [0.2, 0.25) is 0 Å². The summed E-state index contributed by atoms with van der Waals surface area (Å²) in [7, 11) is 1.72. The van der Waals surface area contributed by atoms with Crippen LogP contribution in [0.3, 0.4) is 0 Å². The van der Waals surface area contributed by atoms with Crippen molar-refractivity contribution in [3.8, 4) is 6.07 Å². The molecule has 0 N–H and O–H groups in total. The number of fused-ring (bicyclic) bond motifs is 1. The van der Waals surface area contributed by atoms with Gasteiger partial charge in [-0.3, -0.25) is 13.9 Å². The fourth-order valence-electron chi connectivity index (χ4n) is 3.60. The molecule has 3 heterocycles. The SMILES string of the molecule is Cn1c(=O)n(CC(=O)N2CCN(c3cc(C#N)ccn3)CC2)c2ccccc21. The Kier molecular flexibility index (Phi) is 4.57. The van der Waals surface area contributed by atoms with Crippen LogP contribution in [0.4, 0.5) is 5.82 Å². The highest BCUT2D eigenvalue weighted by atomic mass is 16.2. The molecule has 0 saturated carbocycles. The van der Waals surface area contributed by atoms with E-state index in [4.69, 9.17) is 5.26 Å². The molecule has 0 aliphatic carbocycles. The fourth-order valence-corrected chi connectivity index (χ4v) is 3.60. The Labute approximate surface area is 161 Å². The van der Waals surface area contributed by atoms with Crippen LogP contribution in [-0.4, -0.2) is 51.1 Å². The highest BCUT2D eigenvalue weighted by Crippen LogP contribution is 2.16. The number of aryl methyl sites for hydroxylation is 1. The normalized spacial score (nSPS) is 14.3. The third kappa shape index (κ3) is 3.11. The molecule has 0 unspecified atom stereocenters. The number of pyridine rings is 1. The molecule has 4 rings (SSSR count). The number of nitrogens with zero attached hydrogens (tertiary/aromatic N) is 6. The van der Waals surface area contributed by atoms with Gasteiger partial charge in [0.05, 0.1) is 22.7 Å². The van der Waals surface area contributed by atoms with Crippen LogP contribution in [0.25, 0.3) is 11.0 Å². The monoisotopic (exact) mass is 376 g/mol. The summed E-state index contributed by atoms with van der Waals surface area (Å²) in [5, 5.41) is 9.04. The van der Waals surface area contributed by atoms with E-state index in [1.54, 1.807) is 34.8 Å². The minimum absolute atomic E-state index is 0.0301. The van der Waals surface area contributed by atoms with Crippen molar-refractivity contribution in [1.29, 1.82) is 5.26 Å². The Morgan fingerprint density at radius 3 is 2.57 bits per heavy atom. The zero-order chi connectivity index (χ0) is 19.7. The third-order valence-electron chi connectivity index (χ3n) is 5.18. The number of carbonyl (C=O) groups excluding carboxylic acids is 1. The lowest BCUT2D eigenvalue weighted by Crippen LogP contribution is -2.50. The van der Waals surface area contributed by atoms with Crippen molar-refractivity contribution >= 4 is 22.8 Å². The van der Waals surface area contributed by atoms with Crippen LogP contribution < -0.4 is 10.6 Å². The van der Waals surface area contributed by atoms with Gasteiger partial charge < -0.3 is 9.80 Å². The first-order valence-corrected chi connectivity index (χ1v) is 9.11. The van der Waals surface area contributed by atoms with Gasteiger partial charge in [0.25, 0.3) is 0 Å². The second kappa shape index (κ2) is 7.19. The van der Waals surface area contributed by atoms with Gasteiger partial charge in [0.1, 0.15) is 12.4 Å². The van der Waals surface area contributed by atoms with E-state index >= 15 is 0 Å². The molecule has 0 bridgehead atoms. The highest BCUT2D eigenvalue weighted by molar-refractivity contribution is 5.81. The molecule has 1 saturated heterocycles. The van der Waals surface area contributed by atoms with Crippen molar-refractivity contribution in [2.75, 3.05) is 31.1 Å². The van der Waals surface area contributed by atoms with Gasteiger partial charge in [-0.25, -0.2) is 9.78 Å². The summed E-state index contributed by atoms with van der Waals surface area (Å²) in [4.78, 5) is 33.5. The average Bonchev–Trinajstić information content (AvgIpc) is 2.99. The molecule has 0 atom stereocenters. The van der Waals surface area contributed by atoms with Gasteiger partial charge in [0.2, 0.25) is 5.91 Å². The van der Waals surface area contributed by atoms with Crippen LogP contribution in [0.5, 0.6) is 0 Å². The van der Waals surface area contributed by atoms with Gasteiger partial charge in [-0.15, -0.1) is 0 Å². The summed E-state index contributed by atoms with van der Waals surface area (Å²) in [6, 6.07) is 13.0. The first kappa shape index (κ1) is 17.8. The van der Waals surface area contributed by atoms with Crippen molar-refractivity contribution in [2.24, 2.45) is 7.05 Å². The van der Waals surface area contributed by atoms with E-state index in [1.165, 1.54) is 4.57 Å². The van der Waals surface area contributed by atoms with E-state index in [9.17, 15) is 9.59 Å². The molecule has 8 heteroatoms. The van der Waals surface area contributed by atoms with Crippen LogP contribution in [0, 0.1) is 11.3 Å². The van der Waals surface area contributed by atoms with Crippen LogP contribution in [0.15, 0.2) is 47.4 Å². The van der Waals surface area contributed by atoms with Gasteiger partial charge in [-0.2, -0.15) is 5.26 Å². The van der Waals surface area contributed by atoms with E-state index < -0.39 is 0 Å². The number of aromatic nitrogens is 3. The third-order valence-corrected chi connectivity index (χ3v) is 5.18. The molecule has 1 aromatic carbocycles. The number of amides is 1. The molecule has 1 aliphatic heterocycles. The molecule has 8 nitrogen and oxygen atoms in total. The number of para-hydroxylation sites is 2. The number of nitriles is 1. The van der Waals surface area contributed by atoms with Gasteiger partial charge in [0.15, 0.2) is 0 Å². The topological polar surface area (TPSA) is 87.2 Å². The number of carbonyl (C=O) groups is 1. The molecule has 0 radical (unpaired) electrons. The van der Waals surface area contributed by atoms with Crippen molar-refractivity contribution in [3.63, 3.8) is 0 Å². The van der Waals surface area contributed by atoms with Crippen LogP contribution in [-0.2, 0) is 18.4 Å². The summed E-state index contributed by atoms with van der Waals surface area (Å²) in [5.74, 6) is 0.674.